The van der Waals surface area contributed by atoms with Crippen LogP contribution in [0.5, 0.6) is 0 Å². The summed E-state index contributed by atoms with van der Waals surface area (Å²) < 4.78 is 6.17. The van der Waals surface area contributed by atoms with Crippen LogP contribution < -0.4 is 10.6 Å². The second-order valence-corrected chi connectivity index (χ2v) is 9.27. The van der Waals surface area contributed by atoms with Gasteiger partial charge in [0.1, 0.15) is 0 Å². The third-order valence-corrected chi connectivity index (χ3v) is 6.16. The highest BCUT2D eigenvalue weighted by Gasteiger charge is 2.11. The summed E-state index contributed by atoms with van der Waals surface area (Å²) in [7, 11) is 0. The molecule has 28 heavy (non-hydrogen) atoms. The predicted octanol–water partition coefficient (Wildman–Crippen LogP) is 3.17. The molecule has 152 valence electrons. The van der Waals surface area contributed by atoms with Crippen LogP contribution in [0.25, 0.3) is 0 Å². The van der Waals surface area contributed by atoms with E-state index in [4.69, 9.17) is 4.74 Å². The van der Waals surface area contributed by atoms with Crippen molar-refractivity contribution < 1.29 is 9.53 Å². The molecule has 7 nitrogen and oxygen atoms in total. The van der Waals surface area contributed by atoms with Gasteiger partial charge in [0.25, 0.3) is 0 Å². The highest BCUT2D eigenvalue weighted by Crippen LogP contribution is 2.25. The monoisotopic (exact) mass is 421 g/mol. The predicted molar refractivity (Wildman–Crippen MR) is 115 cm³/mol. The van der Waals surface area contributed by atoms with Crippen LogP contribution in [0.15, 0.2) is 28.6 Å². The number of anilines is 2. The van der Waals surface area contributed by atoms with Gasteiger partial charge in [-0.2, -0.15) is 0 Å². The van der Waals surface area contributed by atoms with E-state index in [1.165, 1.54) is 28.7 Å². The number of amides is 1. The minimum absolute atomic E-state index is 0.0437. The highest BCUT2D eigenvalue weighted by molar-refractivity contribution is 8.01. The molecule has 2 heterocycles. The zero-order chi connectivity index (χ0) is 19.8. The summed E-state index contributed by atoms with van der Waals surface area (Å²) in [5, 5.41) is 15.2. The minimum atomic E-state index is -0.0437. The normalized spacial score (nSPS) is 15.0. The van der Waals surface area contributed by atoms with Crippen molar-refractivity contribution in [1.82, 2.24) is 15.1 Å². The molecule has 2 aromatic rings. The van der Waals surface area contributed by atoms with Crippen molar-refractivity contribution in [2.45, 2.75) is 24.7 Å². The fourth-order valence-electron chi connectivity index (χ4n) is 2.67. The van der Waals surface area contributed by atoms with Crippen molar-refractivity contribution in [2.24, 2.45) is 5.92 Å². The summed E-state index contributed by atoms with van der Waals surface area (Å²) in [6, 6.07) is 8.04. The van der Waals surface area contributed by atoms with Gasteiger partial charge in [-0.15, -0.1) is 10.2 Å². The van der Waals surface area contributed by atoms with Crippen LogP contribution >= 0.6 is 23.1 Å². The lowest BCUT2D eigenvalue weighted by Crippen LogP contribution is -2.35. The third-order valence-electron chi connectivity index (χ3n) is 4.14. The number of nitrogens with zero attached hydrogens (tertiary/aromatic N) is 3. The van der Waals surface area contributed by atoms with Crippen LogP contribution in [-0.4, -0.2) is 59.6 Å². The van der Waals surface area contributed by atoms with Gasteiger partial charge in [-0.3, -0.25) is 9.69 Å². The molecule has 0 aliphatic carbocycles. The third kappa shape index (κ3) is 7.05. The van der Waals surface area contributed by atoms with E-state index >= 15 is 0 Å². The Morgan fingerprint density at radius 2 is 2.00 bits per heavy atom. The van der Waals surface area contributed by atoms with E-state index in [1.54, 1.807) is 0 Å². The van der Waals surface area contributed by atoms with Crippen LogP contribution in [0, 0.1) is 5.92 Å². The second kappa shape index (κ2) is 10.8. The molecule has 0 radical (unpaired) electrons. The molecule has 9 heteroatoms. The molecule has 1 aromatic heterocycles. The number of ether oxygens (including phenoxy) is 1. The quantitative estimate of drug-likeness (QED) is 0.602. The van der Waals surface area contributed by atoms with Crippen LogP contribution in [0.3, 0.4) is 0 Å². The van der Waals surface area contributed by atoms with Crippen molar-refractivity contribution in [3.8, 4) is 0 Å². The first-order valence-corrected chi connectivity index (χ1v) is 11.3. The van der Waals surface area contributed by atoms with Gasteiger partial charge in [0.05, 0.1) is 19.0 Å². The molecular formula is C19H27N5O2S2. The summed E-state index contributed by atoms with van der Waals surface area (Å²) in [6.07, 6.45) is 0. The van der Waals surface area contributed by atoms with E-state index in [2.05, 4.69) is 51.7 Å². The second-order valence-electron chi connectivity index (χ2n) is 7.07. The first kappa shape index (κ1) is 21.0. The molecule has 1 fully saturated rings. The Kier molecular flexibility index (Phi) is 8.08. The molecular weight excluding hydrogens is 394 g/mol. The van der Waals surface area contributed by atoms with Gasteiger partial charge in [0.15, 0.2) is 4.34 Å². The van der Waals surface area contributed by atoms with Gasteiger partial charge in [0, 0.05) is 31.9 Å². The van der Waals surface area contributed by atoms with Gasteiger partial charge in [-0.1, -0.05) is 49.1 Å². The molecule has 2 N–H and O–H groups in total. The Morgan fingerprint density at radius 3 is 2.71 bits per heavy atom. The average Bonchev–Trinajstić information content (AvgIpc) is 3.15. The summed E-state index contributed by atoms with van der Waals surface area (Å²) in [5.74, 6) is 0.817. The highest BCUT2D eigenvalue weighted by atomic mass is 32.2. The van der Waals surface area contributed by atoms with Crippen molar-refractivity contribution in [1.29, 1.82) is 0 Å². The number of benzene rings is 1. The topological polar surface area (TPSA) is 79.4 Å². The zero-order valence-corrected chi connectivity index (χ0v) is 17.9. The smallest absolute Gasteiger partial charge is 0.234 e. The largest absolute Gasteiger partial charge is 0.379 e. The maximum Gasteiger partial charge on any atom is 0.234 e. The lowest BCUT2D eigenvalue weighted by Gasteiger charge is -2.26. The van der Waals surface area contributed by atoms with Crippen LogP contribution in [0.4, 0.5) is 10.8 Å². The van der Waals surface area contributed by atoms with Crippen LogP contribution in [0.2, 0.25) is 0 Å². The number of morpholine rings is 1. The van der Waals surface area contributed by atoms with Gasteiger partial charge in [-0.05, 0) is 23.6 Å². The van der Waals surface area contributed by atoms with Crippen LogP contribution in [-0.2, 0) is 16.1 Å². The molecule has 1 amide bonds. The molecule has 1 aromatic carbocycles. The molecule has 3 rings (SSSR count). The maximum atomic E-state index is 12.2. The number of thioether (sulfide) groups is 1. The summed E-state index contributed by atoms with van der Waals surface area (Å²) in [5.41, 5.74) is 2.05. The first-order chi connectivity index (χ1) is 13.6. The maximum absolute atomic E-state index is 12.2. The van der Waals surface area contributed by atoms with Crippen LogP contribution in [0.1, 0.15) is 19.4 Å². The van der Waals surface area contributed by atoms with E-state index in [0.29, 0.717) is 11.7 Å². The number of aromatic nitrogens is 2. The number of nitrogens with one attached hydrogen (secondary N) is 2. The Morgan fingerprint density at radius 1 is 1.25 bits per heavy atom. The number of hydrogen-bond acceptors (Lipinski definition) is 8. The van der Waals surface area contributed by atoms with Gasteiger partial charge in [0.2, 0.25) is 11.0 Å². The van der Waals surface area contributed by atoms with Crippen molar-refractivity contribution in [3.63, 3.8) is 0 Å². The van der Waals surface area contributed by atoms with Gasteiger partial charge in [-0.25, -0.2) is 0 Å². The molecule has 1 aliphatic rings. The number of carbonyl (C=O) groups is 1. The Balaban J connectivity index is 1.40. The van der Waals surface area contributed by atoms with E-state index in [1.807, 2.05) is 12.1 Å². The Hall–Kier alpha value is -1.68. The molecule has 1 saturated heterocycles. The Labute approximate surface area is 174 Å². The van der Waals surface area contributed by atoms with Crippen molar-refractivity contribution >= 4 is 39.8 Å². The molecule has 0 unspecified atom stereocenters. The summed E-state index contributed by atoms with van der Waals surface area (Å²) in [4.78, 5) is 14.6. The molecule has 0 saturated carbocycles. The summed E-state index contributed by atoms with van der Waals surface area (Å²) >= 11 is 2.88. The molecule has 0 bridgehead atoms. The fourth-order valence-corrected chi connectivity index (χ4v) is 4.23. The molecule has 0 atom stereocenters. The lowest BCUT2D eigenvalue weighted by molar-refractivity contribution is -0.113. The fraction of sp³-hybridized carbons (Fsp3) is 0.526. The number of hydrogen-bond donors (Lipinski definition) is 2. The number of rotatable bonds is 9. The van der Waals surface area contributed by atoms with E-state index in [-0.39, 0.29) is 5.91 Å². The van der Waals surface area contributed by atoms with Crippen molar-refractivity contribution in [2.75, 3.05) is 49.2 Å². The zero-order valence-electron chi connectivity index (χ0n) is 16.3. The van der Waals surface area contributed by atoms with E-state index in [9.17, 15) is 4.79 Å². The van der Waals surface area contributed by atoms with E-state index < -0.39 is 0 Å². The minimum Gasteiger partial charge on any atom is -0.379 e. The molecule has 0 spiro atoms. The SMILES string of the molecule is CC(C)CNc1nnc(SCC(=O)Nc2ccc(CN3CCOCC3)cc2)s1. The standard InChI is InChI=1S/C19H27N5O2S2/c1-14(2)11-20-18-22-23-19(28-18)27-13-17(25)21-16-5-3-15(4-6-16)12-24-7-9-26-10-8-24/h3-6,14H,7-13H2,1-2H3,(H,20,22)(H,21,25). The first-order valence-electron chi connectivity index (χ1n) is 9.47. The van der Waals surface area contributed by atoms with Gasteiger partial charge >= 0.3 is 0 Å². The molecule has 1 aliphatic heterocycles. The lowest BCUT2D eigenvalue weighted by atomic mass is 10.2. The van der Waals surface area contributed by atoms with Gasteiger partial charge < -0.3 is 15.4 Å². The summed E-state index contributed by atoms with van der Waals surface area (Å²) in [6.45, 7) is 9.60. The van der Waals surface area contributed by atoms with Crippen molar-refractivity contribution in [3.05, 3.63) is 29.8 Å². The van der Waals surface area contributed by atoms with E-state index in [0.717, 1.165) is 54.6 Å². The average molecular weight is 422 g/mol. The Bertz CT molecular complexity index is 745. The number of carbonyl (C=O) groups excluding carboxylic acids is 1.